The largest absolute Gasteiger partial charge is 0.399 e. The highest BCUT2D eigenvalue weighted by Gasteiger charge is 2.06. The first kappa shape index (κ1) is 12.3. The summed E-state index contributed by atoms with van der Waals surface area (Å²) < 4.78 is 0. The van der Waals surface area contributed by atoms with Crippen LogP contribution in [-0.4, -0.2) is 11.9 Å². The van der Waals surface area contributed by atoms with Crippen LogP contribution >= 0.6 is 0 Å². The molecule has 16 heavy (non-hydrogen) atoms. The smallest absolute Gasteiger partial charge is 0.224 e. The van der Waals surface area contributed by atoms with Gasteiger partial charge in [-0.3, -0.25) is 4.79 Å². The van der Waals surface area contributed by atoms with E-state index in [4.69, 9.17) is 5.73 Å². The third kappa shape index (κ3) is 4.17. The summed E-state index contributed by atoms with van der Waals surface area (Å²) in [7, 11) is 0. The third-order valence-electron chi connectivity index (χ3n) is 2.24. The van der Waals surface area contributed by atoms with Crippen LogP contribution < -0.4 is 11.1 Å². The topological polar surface area (TPSA) is 55.1 Å². The molecule has 0 heterocycles. The molecule has 1 atom stereocenters. The van der Waals surface area contributed by atoms with Gasteiger partial charge >= 0.3 is 0 Å². The van der Waals surface area contributed by atoms with Gasteiger partial charge in [-0.05, 0) is 31.0 Å². The first-order chi connectivity index (χ1) is 7.61. The zero-order chi connectivity index (χ0) is 12.0. The molecule has 0 spiro atoms. The third-order valence-corrected chi connectivity index (χ3v) is 2.24. The number of amides is 1. The van der Waals surface area contributed by atoms with Crippen molar-refractivity contribution >= 4 is 11.6 Å². The molecule has 0 aliphatic carbocycles. The molecule has 1 amide bonds. The molecule has 1 aromatic rings. The average Bonchev–Trinajstić information content (AvgIpc) is 2.17. The second-order valence-electron chi connectivity index (χ2n) is 3.91. The Bertz CT molecular complexity index is 374. The highest BCUT2D eigenvalue weighted by atomic mass is 16.1. The number of benzene rings is 1. The molecule has 0 radical (unpaired) electrons. The summed E-state index contributed by atoms with van der Waals surface area (Å²) in [5.41, 5.74) is 7.26. The molecule has 0 fully saturated rings. The lowest BCUT2D eigenvalue weighted by atomic mass is 10.1. The van der Waals surface area contributed by atoms with E-state index in [9.17, 15) is 4.79 Å². The Kier molecular flexibility index (Phi) is 4.58. The highest BCUT2D eigenvalue weighted by molar-refractivity contribution is 5.79. The van der Waals surface area contributed by atoms with Gasteiger partial charge in [0.1, 0.15) is 0 Å². The number of hydrogen-bond acceptors (Lipinski definition) is 2. The van der Waals surface area contributed by atoms with Crippen molar-refractivity contribution in [1.82, 2.24) is 5.32 Å². The van der Waals surface area contributed by atoms with Crippen LogP contribution in [0.5, 0.6) is 0 Å². The zero-order valence-corrected chi connectivity index (χ0v) is 9.57. The van der Waals surface area contributed by atoms with Gasteiger partial charge in [0.05, 0.1) is 6.42 Å². The number of nitrogens with two attached hydrogens (primary N) is 1. The molecule has 1 rings (SSSR count). The van der Waals surface area contributed by atoms with Gasteiger partial charge < -0.3 is 11.1 Å². The summed E-state index contributed by atoms with van der Waals surface area (Å²) in [5, 5.41) is 2.90. The fourth-order valence-corrected chi connectivity index (χ4v) is 1.52. The van der Waals surface area contributed by atoms with Crippen molar-refractivity contribution in [3.8, 4) is 0 Å². The van der Waals surface area contributed by atoms with Crippen LogP contribution in [0.1, 0.15) is 18.9 Å². The Morgan fingerprint density at radius 2 is 2.38 bits per heavy atom. The Morgan fingerprint density at radius 3 is 3.00 bits per heavy atom. The molecule has 3 nitrogen and oxygen atoms in total. The Morgan fingerprint density at radius 1 is 1.62 bits per heavy atom. The molecule has 0 bridgehead atoms. The molecule has 0 aromatic heterocycles. The van der Waals surface area contributed by atoms with Crippen molar-refractivity contribution in [3.63, 3.8) is 0 Å². The lowest BCUT2D eigenvalue weighted by molar-refractivity contribution is -0.121. The minimum Gasteiger partial charge on any atom is -0.399 e. The first-order valence-corrected chi connectivity index (χ1v) is 5.36. The second kappa shape index (κ2) is 5.95. The molecule has 3 N–H and O–H groups in total. The summed E-state index contributed by atoms with van der Waals surface area (Å²) in [4.78, 5) is 11.6. The molecule has 0 aliphatic heterocycles. The number of hydrogen-bond donors (Lipinski definition) is 2. The van der Waals surface area contributed by atoms with Gasteiger partial charge in [0.25, 0.3) is 0 Å². The van der Waals surface area contributed by atoms with Crippen LogP contribution in [0, 0.1) is 0 Å². The van der Waals surface area contributed by atoms with Gasteiger partial charge in [0.15, 0.2) is 0 Å². The Labute approximate surface area is 96.3 Å². The first-order valence-electron chi connectivity index (χ1n) is 5.36. The minimum atomic E-state index is 0.0138. The molecule has 1 unspecified atom stereocenters. The number of carbonyl (C=O) groups is 1. The summed E-state index contributed by atoms with van der Waals surface area (Å²) in [6, 6.07) is 7.50. The van der Waals surface area contributed by atoms with E-state index in [0.29, 0.717) is 12.1 Å². The van der Waals surface area contributed by atoms with Gasteiger partial charge in [0, 0.05) is 11.7 Å². The molecule has 1 aromatic carbocycles. The average molecular weight is 218 g/mol. The standard InChI is InChI=1S/C13H18N2O/c1-3-5-10(2)15-13(16)9-11-6-4-7-12(14)8-11/h3-4,6-8,10H,1,5,9,14H2,2H3,(H,15,16). The number of nitrogens with one attached hydrogen (secondary N) is 1. The number of nitrogen functional groups attached to an aromatic ring is 1. The number of rotatable bonds is 5. The zero-order valence-electron chi connectivity index (χ0n) is 9.57. The molecular formula is C13H18N2O. The van der Waals surface area contributed by atoms with E-state index in [-0.39, 0.29) is 11.9 Å². The molecule has 86 valence electrons. The molecular weight excluding hydrogens is 200 g/mol. The van der Waals surface area contributed by atoms with E-state index in [1.54, 1.807) is 6.08 Å². The van der Waals surface area contributed by atoms with Crippen molar-refractivity contribution in [1.29, 1.82) is 0 Å². The fourth-order valence-electron chi connectivity index (χ4n) is 1.52. The van der Waals surface area contributed by atoms with Crippen LogP contribution in [0.4, 0.5) is 5.69 Å². The van der Waals surface area contributed by atoms with Crippen molar-refractivity contribution in [2.24, 2.45) is 0 Å². The van der Waals surface area contributed by atoms with Gasteiger partial charge in [-0.25, -0.2) is 0 Å². The SMILES string of the molecule is C=CCC(C)NC(=O)Cc1cccc(N)c1. The Hall–Kier alpha value is -1.77. The number of carbonyl (C=O) groups excluding carboxylic acids is 1. The summed E-state index contributed by atoms with van der Waals surface area (Å²) in [5.74, 6) is 0.0138. The minimum absolute atomic E-state index is 0.0138. The predicted octanol–water partition coefficient (Wildman–Crippen LogP) is 1.89. The van der Waals surface area contributed by atoms with E-state index < -0.39 is 0 Å². The van der Waals surface area contributed by atoms with Crippen LogP contribution in [-0.2, 0) is 11.2 Å². The van der Waals surface area contributed by atoms with Crippen molar-refractivity contribution in [3.05, 3.63) is 42.5 Å². The maximum atomic E-state index is 11.6. The quantitative estimate of drug-likeness (QED) is 0.585. The lowest BCUT2D eigenvalue weighted by Gasteiger charge is -2.11. The highest BCUT2D eigenvalue weighted by Crippen LogP contribution is 2.07. The number of anilines is 1. The monoisotopic (exact) mass is 218 g/mol. The van der Waals surface area contributed by atoms with E-state index in [1.807, 2.05) is 31.2 Å². The second-order valence-corrected chi connectivity index (χ2v) is 3.91. The maximum absolute atomic E-state index is 11.6. The van der Waals surface area contributed by atoms with Crippen LogP contribution in [0.2, 0.25) is 0 Å². The van der Waals surface area contributed by atoms with E-state index in [1.165, 1.54) is 0 Å². The summed E-state index contributed by atoms with van der Waals surface area (Å²) in [6.45, 7) is 5.59. The van der Waals surface area contributed by atoms with Crippen LogP contribution in [0.15, 0.2) is 36.9 Å². The molecule has 3 heteroatoms. The van der Waals surface area contributed by atoms with E-state index >= 15 is 0 Å². The van der Waals surface area contributed by atoms with Crippen molar-refractivity contribution in [2.45, 2.75) is 25.8 Å². The predicted molar refractivity (Wildman–Crippen MR) is 67.0 cm³/mol. The van der Waals surface area contributed by atoms with Crippen molar-refractivity contribution in [2.75, 3.05) is 5.73 Å². The Balaban J connectivity index is 2.48. The van der Waals surface area contributed by atoms with E-state index in [2.05, 4.69) is 11.9 Å². The fraction of sp³-hybridized carbons (Fsp3) is 0.308. The van der Waals surface area contributed by atoms with Crippen molar-refractivity contribution < 1.29 is 4.79 Å². The van der Waals surface area contributed by atoms with Gasteiger partial charge in [-0.15, -0.1) is 6.58 Å². The molecule has 0 aliphatic rings. The van der Waals surface area contributed by atoms with Gasteiger partial charge in [-0.2, -0.15) is 0 Å². The summed E-state index contributed by atoms with van der Waals surface area (Å²) >= 11 is 0. The van der Waals surface area contributed by atoms with Crippen LogP contribution in [0.3, 0.4) is 0 Å². The molecule has 0 saturated heterocycles. The van der Waals surface area contributed by atoms with Gasteiger partial charge in [-0.1, -0.05) is 18.2 Å². The lowest BCUT2D eigenvalue weighted by Crippen LogP contribution is -2.33. The molecule has 0 saturated carbocycles. The summed E-state index contributed by atoms with van der Waals surface area (Å²) in [6.07, 6.45) is 2.95. The van der Waals surface area contributed by atoms with Crippen LogP contribution in [0.25, 0.3) is 0 Å². The maximum Gasteiger partial charge on any atom is 0.224 e. The van der Waals surface area contributed by atoms with E-state index in [0.717, 1.165) is 12.0 Å². The van der Waals surface area contributed by atoms with Gasteiger partial charge in [0.2, 0.25) is 5.91 Å². The normalized spacial score (nSPS) is 11.8.